The van der Waals surface area contributed by atoms with Gasteiger partial charge in [0.05, 0.1) is 11.8 Å². The third-order valence-corrected chi connectivity index (χ3v) is 4.95. The quantitative estimate of drug-likeness (QED) is 0.901. The summed E-state index contributed by atoms with van der Waals surface area (Å²) in [6.45, 7) is 7.66. The molecule has 5 nitrogen and oxygen atoms in total. The van der Waals surface area contributed by atoms with Gasteiger partial charge < -0.3 is 19.9 Å². The number of rotatable bonds is 4. The van der Waals surface area contributed by atoms with Gasteiger partial charge in [-0.2, -0.15) is 0 Å². The van der Waals surface area contributed by atoms with E-state index < -0.39 is 0 Å². The van der Waals surface area contributed by atoms with Crippen molar-refractivity contribution in [2.24, 2.45) is 0 Å². The van der Waals surface area contributed by atoms with E-state index in [1.54, 1.807) is 6.07 Å². The third kappa shape index (κ3) is 4.63. The molecule has 6 heteroatoms. The summed E-state index contributed by atoms with van der Waals surface area (Å²) in [5.41, 5.74) is 0.389. The molecular weight excluding hydrogens is 321 g/mol. The number of carbonyl (C=O) groups is 1. The molecule has 1 aromatic rings. The van der Waals surface area contributed by atoms with E-state index in [0.717, 1.165) is 25.9 Å². The molecule has 0 bridgehead atoms. The highest BCUT2D eigenvalue weighted by Crippen LogP contribution is 2.27. The Balaban J connectivity index is 1.58. The molecule has 2 saturated heterocycles. The van der Waals surface area contributed by atoms with E-state index >= 15 is 0 Å². The maximum absolute atomic E-state index is 13.6. The highest BCUT2D eigenvalue weighted by Gasteiger charge is 2.28. The van der Waals surface area contributed by atoms with Gasteiger partial charge >= 0.3 is 6.03 Å². The van der Waals surface area contributed by atoms with Crippen LogP contribution in [-0.2, 0) is 0 Å². The molecule has 0 radical (unpaired) electrons. The minimum Gasteiger partial charge on any atom is -0.489 e. The third-order valence-electron chi connectivity index (χ3n) is 4.95. The molecule has 3 rings (SSSR count). The Kier molecular flexibility index (Phi) is 5.78. The van der Waals surface area contributed by atoms with Crippen LogP contribution in [0.25, 0.3) is 0 Å². The van der Waals surface area contributed by atoms with E-state index in [1.807, 2.05) is 18.7 Å². The molecule has 0 atom stereocenters. The maximum Gasteiger partial charge on any atom is 0.321 e. The monoisotopic (exact) mass is 349 g/mol. The number of urea groups is 1. The van der Waals surface area contributed by atoms with Crippen LogP contribution in [0.3, 0.4) is 0 Å². The molecule has 2 aliphatic heterocycles. The van der Waals surface area contributed by atoms with Gasteiger partial charge in [-0.1, -0.05) is 0 Å². The van der Waals surface area contributed by atoms with Crippen molar-refractivity contribution in [3.8, 4) is 5.75 Å². The number of carbonyl (C=O) groups excluding carboxylic acids is 1. The van der Waals surface area contributed by atoms with E-state index in [2.05, 4.69) is 10.2 Å². The van der Waals surface area contributed by atoms with Crippen LogP contribution in [0.15, 0.2) is 18.2 Å². The molecule has 2 heterocycles. The largest absolute Gasteiger partial charge is 0.489 e. The van der Waals surface area contributed by atoms with E-state index in [1.165, 1.54) is 38.1 Å². The fourth-order valence-electron chi connectivity index (χ4n) is 3.69. The number of amides is 2. The number of benzene rings is 1. The van der Waals surface area contributed by atoms with Crippen LogP contribution in [-0.4, -0.2) is 54.2 Å². The van der Waals surface area contributed by atoms with Crippen LogP contribution in [0.1, 0.15) is 39.5 Å². The highest BCUT2D eigenvalue weighted by atomic mass is 19.1. The number of likely N-dealkylation sites (tertiary alicyclic amines) is 2. The van der Waals surface area contributed by atoms with E-state index in [-0.39, 0.29) is 18.0 Å². The second-order valence-electron chi connectivity index (χ2n) is 7.20. The Morgan fingerprint density at radius 2 is 1.88 bits per heavy atom. The van der Waals surface area contributed by atoms with Gasteiger partial charge in [-0.25, -0.2) is 9.18 Å². The van der Waals surface area contributed by atoms with Gasteiger partial charge in [0.1, 0.15) is 11.6 Å². The fraction of sp³-hybridized carbons (Fsp3) is 0.632. The van der Waals surface area contributed by atoms with E-state index in [4.69, 9.17) is 4.74 Å². The summed E-state index contributed by atoms with van der Waals surface area (Å²) < 4.78 is 19.2. The summed E-state index contributed by atoms with van der Waals surface area (Å²) in [6, 6.07) is 4.63. The van der Waals surface area contributed by atoms with Crippen molar-refractivity contribution >= 4 is 11.7 Å². The van der Waals surface area contributed by atoms with Gasteiger partial charge in [0, 0.05) is 25.2 Å². The molecule has 138 valence electrons. The topological polar surface area (TPSA) is 44.8 Å². The van der Waals surface area contributed by atoms with Crippen LogP contribution in [0.4, 0.5) is 14.9 Å². The number of piperidine rings is 1. The summed E-state index contributed by atoms with van der Waals surface area (Å²) in [5, 5.41) is 2.82. The SMILES string of the molecule is CC(C)Oc1ccc(F)cc1NC(=O)N1CCC(N2CCCC2)CC1. The zero-order chi connectivity index (χ0) is 17.8. The first kappa shape index (κ1) is 18.0. The summed E-state index contributed by atoms with van der Waals surface area (Å²) >= 11 is 0. The van der Waals surface area contributed by atoms with Gasteiger partial charge in [-0.15, -0.1) is 0 Å². The van der Waals surface area contributed by atoms with Crippen LogP contribution < -0.4 is 10.1 Å². The number of ether oxygens (including phenoxy) is 1. The lowest BCUT2D eigenvalue weighted by atomic mass is 10.0. The van der Waals surface area contributed by atoms with Crippen molar-refractivity contribution in [2.75, 3.05) is 31.5 Å². The average molecular weight is 349 g/mol. The molecule has 0 aliphatic carbocycles. The molecule has 2 fully saturated rings. The summed E-state index contributed by atoms with van der Waals surface area (Å²) in [4.78, 5) is 16.9. The Bertz CT molecular complexity index is 594. The van der Waals surface area contributed by atoms with Crippen molar-refractivity contribution in [3.63, 3.8) is 0 Å². The first-order valence-electron chi connectivity index (χ1n) is 9.29. The van der Waals surface area contributed by atoms with Crippen molar-refractivity contribution in [1.82, 2.24) is 9.80 Å². The second-order valence-corrected chi connectivity index (χ2v) is 7.20. The molecule has 0 unspecified atom stereocenters. The van der Waals surface area contributed by atoms with Crippen LogP contribution in [0.5, 0.6) is 5.75 Å². The van der Waals surface area contributed by atoms with Gasteiger partial charge in [-0.05, 0) is 64.8 Å². The maximum atomic E-state index is 13.6. The molecule has 0 spiro atoms. The number of anilines is 1. The molecular formula is C19H28FN3O2. The number of hydrogen-bond donors (Lipinski definition) is 1. The molecule has 2 amide bonds. The summed E-state index contributed by atoms with van der Waals surface area (Å²) in [7, 11) is 0. The van der Waals surface area contributed by atoms with Gasteiger partial charge in [-0.3, -0.25) is 0 Å². The van der Waals surface area contributed by atoms with Gasteiger partial charge in [0.25, 0.3) is 0 Å². The lowest BCUT2D eigenvalue weighted by Crippen LogP contribution is -2.47. The number of hydrogen-bond acceptors (Lipinski definition) is 3. The molecule has 0 saturated carbocycles. The number of nitrogens with one attached hydrogen (secondary N) is 1. The predicted molar refractivity (Wildman–Crippen MR) is 96.6 cm³/mol. The Morgan fingerprint density at radius 1 is 1.20 bits per heavy atom. The lowest BCUT2D eigenvalue weighted by Gasteiger charge is -2.36. The standard InChI is InChI=1S/C19H28FN3O2/c1-14(2)25-18-6-5-15(20)13-17(18)21-19(24)23-11-7-16(8-12-23)22-9-3-4-10-22/h5-6,13-14,16H,3-4,7-12H2,1-2H3,(H,21,24). The second kappa shape index (κ2) is 8.04. The van der Waals surface area contributed by atoms with Crippen molar-refractivity contribution in [1.29, 1.82) is 0 Å². The smallest absolute Gasteiger partial charge is 0.321 e. The minimum atomic E-state index is -0.390. The lowest BCUT2D eigenvalue weighted by molar-refractivity contribution is 0.140. The fourth-order valence-corrected chi connectivity index (χ4v) is 3.69. The highest BCUT2D eigenvalue weighted by molar-refractivity contribution is 5.91. The number of nitrogens with zero attached hydrogens (tertiary/aromatic N) is 2. The minimum absolute atomic E-state index is 0.0441. The molecule has 1 aromatic carbocycles. The van der Waals surface area contributed by atoms with Crippen LogP contribution >= 0.6 is 0 Å². The van der Waals surface area contributed by atoms with Crippen molar-refractivity contribution < 1.29 is 13.9 Å². The van der Waals surface area contributed by atoms with Gasteiger partial charge in [0.2, 0.25) is 0 Å². The zero-order valence-corrected chi connectivity index (χ0v) is 15.1. The first-order chi connectivity index (χ1) is 12.0. The van der Waals surface area contributed by atoms with E-state index in [0.29, 0.717) is 17.5 Å². The normalized spacial score (nSPS) is 19.4. The van der Waals surface area contributed by atoms with Crippen molar-refractivity contribution in [2.45, 2.75) is 51.7 Å². The predicted octanol–water partition coefficient (Wildman–Crippen LogP) is 3.71. The zero-order valence-electron chi connectivity index (χ0n) is 15.1. The Labute approximate surface area is 149 Å². The van der Waals surface area contributed by atoms with Crippen LogP contribution in [0.2, 0.25) is 0 Å². The Hall–Kier alpha value is -1.82. The van der Waals surface area contributed by atoms with Crippen molar-refractivity contribution in [3.05, 3.63) is 24.0 Å². The molecule has 0 aromatic heterocycles. The van der Waals surface area contributed by atoms with E-state index in [9.17, 15) is 9.18 Å². The molecule has 25 heavy (non-hydrogen) atoms. The number of halogens is 1. The first-order valence-corrected chi connectivity index (χ1v) is 9.29. The summed E-state index contributed by atoms with van der Waals surface area (Å²) in [5.74, 6) is 0.107. The summed E-state index contributed by atoms with van der Waals surface area (Å²) in [6.07, 6.45) is 4.55. The van der Waals surface area contributed by atoms with Crippen LogP contribution in [0, 0.1) is 5.82 Å². The Morgan fingerprint density at radius 3 is 2.52 bits per heavy atom. The van der Waals surface area contributed by atoms with Gasteiger partial charge in [0.15, 0.2) is 0 Å². The molecule has 2 aliphatic rings. The molecule has 1 N–H and O–H groups in total. The average Bonchev–Trinajstić information content (AvgIpc) is 3.11.